The molecule has 3 aromatic rings. The summed E-state index contributed by atoms with van der Waals surface area (Å²) >= 11 is 0. The lowest BCUT2D eigenvalue weighted by Crippen LogP contribution is -2.31. The molecule has 4 rings (SSSR count). The highest BCUT2D eigenvalue weighted by atomic mass is 16.5. The summed E-state index contributed by atoms with van der Waals surface area (Å²) in [5, 5.41) is 3.10. The van der Waals surface area contributed by atoms with Gasteiger partial charge in [-0.05, 0) is 55.2 Å². The second-order valence-electron chi connectivity index (χ2n) is 6.53. The molecule has 1 amide bonds. The zero-order valence-corrected chi connectivity index (χ0v) is 14.4. The Morgan fingerprint density at radius 1 is 1.32 bits per heavy atom. The predicted octanol–water partition coefficient (Wildman–Crippen LogP) is 3.48. The fourth-order valence-corrected chi connectivity index (χ4v) is 3.54. The Hall–Kier alpha value is -2.82. The van der Waals surface area contributed by atoms with Gasteiger partial charge in [0.25, 0.3) is 0 Å². The number of nitrogens with zero attached hydrogens (tertiary/aromatic N) is 1. The molecule has 0 saturated carbocycles. The molecule has 0 spiro atoms. The van der Waals surface area contributed by atoms with Crippen molar-refractivity contribution in [3.8, 4) is 5.75 Å². The molecule has 5 heteroatoms. The largest absolute Gasteiger partial charge is 0.497 e. The van der Waals surface area contributed by atoms with Crippen molar-refractivity contribution < 1.29 is 9.53 Å². The SMILES string of the molecule is COc1ccc2c(c1)[C@H](C(=O)N[C@@H](C)c1nc3ccccc3[nH]1)CC2. The maximum absolute atomic E-state index is 12.8. The Balaban J connectivity index is 1.53. The van der Waals surface area contributed by atoms with Crippen molar-refractivity contribution in [2.45, 2.75) is 31.7 Å². The van der Waals surface area contributed by atoms with E-state index in [0.29, 0.717) is 0 Å². The van der Waals surface area contributed by atoms with Crippen LogP contribution in [0.1, 0.15) is 42.3 Å². The van der Waals surface area contributed by atoms with Crippen molar-refractivity contribution in [1.29, 1.82) is 0 Å². The van der Waals surface area contributed by atoms with Gasteiger partial charge in [0.15, 0.2) is 0 Å². The van der Waals surface area contributed by atoms with Crippen LogP contribution in [-0.4, -0.2) is 23.0 Å². The van der Waals surface area contributed by atoms with E-state index in [-0.39, 0.29) is 17.9 Å². The van der Waals surface area contributed by atoms with E-state index in [2.05, 4.69) is 21.4 Å². The summed E-state index contributed by atoms with van der Waals surface area (Å²) in [6.07, 6.45) is 1.76. The molecule has 0 saturated heterocycles. The van der Waals surface area contributed by atoms with Crippen molar-refractivity contribution in [2.24, 2.45) is 0 Å². The first-order valence-corrected chi connectivity index (χ1v) is 8.57. The zero-order chi connectivity index (χ0) is 17.4. The number of aromatic nitrogens is 2. The van der Waals surface area contributed by atoms with E-state index < -0.39 is 0 Å². The quantitative estimate of drug-likeness (QED) is 0.767. The van der Waals surface area contributed by atoms with E-state index in [1.54, 1.807) is 7.11 Å². The first kappa shape index (κ1) is 15.7. The number of carbonyl (C=O) groups excluding carboxylic acids is 1. The number of rotatable bonds is 4. The van der Waals surface area contributed by atoms with Crippen LogP contribution < -0.4 is 10.1 Å². The molecule has 1 aromatic heterocycles. The van der Waals surface area contributed by atoms with Crippen LogP contribution in [0, 0.1) is 0 Å². The average Bonchev–Trinajstić information content (AvgIpc) is 3.25. The van der Waals surface area contributed by atoms with Crippen molar-refractivity contribution in [3.63, 3.8) is 0 Å². The Morgan fingerprint density at radius 2 is 2.16 bits per heavy atom. The lowest BCUT2D eigenvalue weighted by atomic mass is 10.00. The smallest absolute Gasteiger partial charge is 0.228 e. The van der Waals surface area contributed by atoms with E-state index in [9.17, 15) is 4.79 Å². The summed E-state index contributed by atoms with van der Waals surface area (Å²) in [5.74, 6) is 1.49. The normalized spacial score (nSPS) is 17.3. The Morgan fingerprint density at radius 3 is 2.96 bits per heavy atom. The maximum atomic E-state index is 12.8. The summed E-state index contributed by atoms with van der Waals surface area (Å²) < 4.78 is 5.30. The van der Waals surface area contributed by atoms with Gasteiger partial charge in [-0.1, -0.05) is 18.2 Å². The summed E-state index contributed by atoms with van der Waals surface area (Å²) in [7, 11) is 1.65. The van der Waals surface area contributed by atoms with E-state index in [1.807, 2.05) is 43.3 Å². The highest BCUT2D eigenvalue weighted by Crippen LogP contribution is 2.36. The second-order valence-corrected chi connectivity index (χ2v) is 6.53. The molecule has 1 aliphatic rings. The van der Waals surface area contributed by atoms with Crippen LogP contribution in [0.2, 0.25) is 0 Å². The molecule has 0 aliphatic heterocycles. The van der Waals surface area contributed by atoms with Crippen LogP contribution >= 0.6 is 0 Å². The van der Waals surface area contributed by atoms with Crippen LogP contribution in [0.3, 0.4) is 0 Å². The summed E-state index contributed by atoms with van der Waals surface area (Å²) in [4.78, 5) is 20.7. The van der Waals surface area contributed by atoms with Gasteiger partial charge in [0.05, 0.1) is 30.1 Å². The number of aromatic amines is 1. The number of amides is 1. The summed E-state index contributed by atoms with van der Waals surface area (Å²) in [6.45, 7) is 1.96. The molecule has 128 valence electrons. The monoisotopic (exact) mass is 335 g/mol. The number of imidazole rings is 1. The second kappa shape index (κ2) is 6.24. The minimum atomic E-state index is -0.172. The van der Waals surface area contributed by atoms with Crippen molar-refractivity contribution in [1.82, 2.24) is 15.3 Å². The highest BCUT2D eigenvalue weighted by molar-refractivity contribution is 5.85. The van der Waals surface area contributed by atoms with Gasteiger partial charge < -0.3 is 15.0 Å². The van der Waals surface area contributed by atoms with Gasteiger partial charge in [-0.2, -0.15) is 0 Å². The topological polar surface area (TPSA) is 67.0 Å². The first-order chi connectivity index (χ1) is 12.2. The van der Waals surface area contributed by atoms with Gasteiger partial charge >= 0.3 is 0 Å². The van der Waals surface area contributed by atoms with Gasteiger partial charge in [0.2, 0.25) is 5.91 Å². The van der Waals surface area contributed by atoms with Gasteiger partial charge in [-0.15, -0.1) is 0 Å². The standard InChI is InChI=1S/C20H21N3O2/c1-12(19-22-17-5-3-4-6-18(17)23-19)21-20(24)15-10-8-13-7-9-14(25-2)11-16(13)15/h3-7,9,11-12,15H,8,10H2,1-2H3,(H,21,24)(H,22,23)/t12-,15+/m0/s1. The molecule has 1 heterocycles. The van der Waals surface area contributed by atoms with Crippen LogP contribution in [0.15, 0.2) is 42.5 Å². The minimum absolute atomic E-state index is 0.0416. The fraction of sp³-hybridized carbons (Fsp3) is 0.300. The number of methoxy groups -OCH3 is 1. The van der Waals surface area contributed by atoms with Gasteiger partial charge in [-0.25, -0.2) is 4.98 Å². The van der Waals surface area contributed by atoms with Gasteiger partial charge in [0, 0.05) is 0 Å². The molecular weight excluding hydrogens is 314 g/mol. The first-order valence-electron chi connectivity index (χ1n) is 8.57. The summed E-state index contributed by atoms with van der Waals surface area (Å²) in [5.41, 5.74) is 4.20. The molecule has 2 N–H and O–H groups in total. The van der Waals surface area contributed by atoms with E-state index in [4.69, 9.17) is 4.74 Å². The number of aryl methyl sites for hydroxylation is 1. The lowest BCUT2D eigenvalue weighted by molar-refractivity contribution is -0.123. The number of hydrogen-bond acceptors (Lipinski definition) is 3. The van der Waals surface area contributed by atoms with Crippen LogP contribution in [0.4, 0.5) is 0 Å². The molecular formula is C20H21N3O2. The van der Waals surface area contributed by atoms with E-state index in [0.717, 1.165) is 41.0 Å². The van der Waals surface area contributed by atoms with Crippen LogP contribution in [-0.2, 0) is 11.2 Å². The third-order valence-corrected chi connectivity index (χ3v) is 4.92. The van der Waals surface area contributed by atoms with E-state index >= 15 is 0 Å². The molecule has 0 unspecified atom stereocenters. The molecule has 25 heavy (non-hydrogen) atoms. The number of fused-ring (bicyclic) bond motifs is 2. The van der Waals surface area contributed by atoms with Crippen LogP contribution in [0.5, 0.6) is 5.75 Å². The minimum Gasteiger partial charge on any atom is -0.497 e. The average molecular weight is 335 g/mol. The van der Waals surface area contributed by atoms with Crippen LogP contribution in [0.25, 0.3) is 11.0 Å². The summed E-state index contributed by atoms with van der Waals surface area (Å²) in [6, 6.07) is 13.7. The number of para-hydroxylation sites is 2. The number of nitrogens with one attached hydrogen (secondary N) is 2. The third kappa shape index (κ3) is 2.86. The van der Waals surface area contributed by atoms with Gasteiger partial charge in [0.1, 0.15) is 11.6 Å². The third-order valence-electron chi connectivity index (χ3n) is 4.92. The maximum Gasteiger partial charge on any atom is 0.228 e. The predicted molar refractivity (Wildman–Crippen MR) is 96.7 cm³/mol. The molecule has 0 fully saturated rings. The molecule has 2 aromatic carbocycles. The Bertz CT molecular complexity index is 899. The van der Waals surface area contributed by atoms with Crippen molar-refractivity contribution >= 4 is 16.9 Å². The Kier molecular flexibility index (Phi) is 3.92. The molecule has 0 radical (unpaired) electrons. The molecule has 0 bridgehead atoms. The number of hydrogen-bond donors (Lipinski definition) is 2. The van der Waals surface area contributed by atoms with Crippen molar-refractivity contribution in [3.05, 3.63) is 59.4 Å². The fourth-order valence-electron chi connectivity index (χ4n) is 3.54. The Labute approximate surface area is 146 Å². The highest BCUT2D eigenvalue weighted by Gasteiger charge is 2.30. The molecule has 5 nitrogen and oxygen atoms in total. The zero-order valence-electron chi connectivity index (χ0n) is 14.4. The number of ether oxygens (including phenoxy) is 1. The van der Waals surface area contributed by atoms with Gasteiger partial charge in [-0.3, -0.25) is 4.79 Å². The number of H-pyrrole nitrogens is 1. The van der Waals surface area contributed by atoms with E-state index in [1.165, 1.54) is 5.56 Å². The number of benzene rings is 2. The molecule has 2 atom stereocenters. The van der Waals surface area contributed by atoms with Crippen molar-refractivity contribution in [2.75, 3.05) is 7.11 Å². The lowest BCUT2D eigenvalue weighted by Gasteiger charge is -2.16. The number of carbonyl (C=O) groups is 1. The molecule has 1 aliphatic carbocycles.